The van der Waals surface area contributed by atoms with Gasteiger partial charge >= 0.3 is 0 Å². The van der Waals surface area contributed by atoms with E-state index in [1.807, 2.05) is 0 Å². The Bertz CT molecular complexity index is 666. The monoisotopic (exact) mass is 488 g/mol. The molecule has 4 aliphatic carbocycles. The molecule has 35 heavy (non-hydrogen) atoms. The smallest absolute Gasteiger partial charge is 0.0543 e. The molecule has 4 rings (SSSR count). The Kier molecular flexibility index (Phi) is 9.35. The zero-order valence-electron chi connectivity index (χ0n) is 24.0. The Balaban J connectivity index is 1.48. The van der Waals surface area contributed by atoms with Crippen molar-refractivity contribution in [2.24, 2.45) is 58.0 Å². The quantitative estimate of drug-likeness (QED) is 0.270. The molecule has 4 saturated carbocycles. The van der Waals surface area contributed by atoms with Crippen molar-refractivity contribution < 1.29 is 5.11 Å². The highest BCUT2D eigenvalue weighted by Crippen LogP contribution is 2.68. The summed E-state index contributed by atoms with van der Waals surface area (Å²) in [6.07, 6.45) is 18.3. The standard InChI is InChI=1S/C32H60N2O/c1-22(2)10-9-11-23(3)26-12-13-27-25-21-30(34-19-8-6-7-18-33)29-20-24(35)14-16-32(29,5)28(25)15-17-31(26,27)4/h22-30,34-35H,6-21,33H2,1-5H3. The van der Waals surface area contributed by atoms with Crippen LogP contribution in [-0.4, -0.2) is 30.3 Å². The van der Waals surface area contributed by atoms with Gasteiger partial charge in [-0.25, -0.2) is 0 Å². The molecule has 0 radical (unpaired) electrons. The van der Waals surface area contributed by atoms with Crippen molar-refractivity contribution in [3.05, 3.63) is 0 Å². The van der Waals surface area contributed by atoms with Crippen LogP contribution in [0.25, 0.3) is 0 Å². The van der Waals surface area contributed by atoms with E-state index in [-0.39, 0.29) is 6.10 Å². The Labute approximate surface area is 218 Å². The van der Waals surface area contributed by atoms with Gasteiger partial charge in [0.25, 0.3) is 0 Å². The molecule has 0 aromatic carbocycles. The van der Waals surface area contributed by atoms with Crippen molar-refractivity contribution in [1.82, 2.24) is 5.32 Å². The number of hydrogen-bond donors (Lipinski definition) is 3. The van der Waals surface area contributed by atoms with Crippen molar-refractivity contribution in [3.8, 4) is 0 Å². The molecule has 10 unspecified atom stereocenters. The lowest BCUT2D eigenvalue weighted by molar-refractivity contribution is -0.141. The highest BCUT2D eigenvalue weighted by Gasteiger charge is 2.62. The van der Waals surface area contributed by atoms with Gasteiger partial charge in [0.15, 0.2) is 0 Å². The fourth-order valence-corrected chi connectivity index (χ4v) is 10.3. The van der Waals surface area contributed by atoms with Gasteiger partial charge in [-0.1, -0.05) is 60.3 Å². The number of nitrogens with one attached hydrogen (secondary N) is 1. The molecule has 0 bridgehead atoms. The highest BCUT2D eigenvalue weighted by molar-refractivity contribution is 5.12. The summed E-state index contributed by atoms with van der Waals surface area (Å²) in [7, 11) is 0. The van der Waals surface area contributed by atoms with E-state index >= 15 is 0 Å². The summed E-state index contributed by atoms with van der Waals surface area (Å²) < 4.78 is 0. The average Bonchev–Trinajstić information content (AvgIpc) is 3.17. The van der Waals surface area contributed by atoms with Gasteiger partial charge in [-0.05, 0) is 130 Å². The third-order valence-corrected chi connectivity index (χ3v) is 12.2. The van der Waals surface area contributed by atoms with Gasteiger partial charge in [-0.3, -0.25) is 0 Å². The first kappa shape index (κ1) is 27.9. The summed E-state index contributed by atoms with van der Waals surface area (Å²) >= 11 is 0. The molecule has 0 spiro atoms. The molecule has 0 amide bonds. The van der Waals surface area contributed by atoms with Crippen molar-refractivity contribution in [2.45, 2.75) is 137 Å². The first-order chi connectivity index (χ1) is 16.7. The van der Waals surface area contributed by atoms with Crippen molar-refractivity contribution in [3.63, 3.8) is 0 Å². The lowest BCUT2D eigenvalue weighted by atomic mass is 9.43. The van der Waals surface area contributed by atoms with Gasteiger partial charge < -0.3 is 16.2 Å². The Morgan fingerprint density at radius 3 is 2.31 bits per heavy atom. The van der Waals surface area contributed by atoms with Crippen molar-refractivity contribution in [2.75, 3.05) is 13.1 Å². The van der Waals surface area contributed by atoms with E-state index in [1.54, 1.807) is 0 Å². The molecule has 4 N–H and O–H groups in total. The fourth-order valence-electron chi connectivity index (χ4n) is 10.3. The Morgan fingerprint density at radius 2 is 1.57 bits per heavy atom. The third kappa shape index (κ3) is 5.68. The molecule has 4 aliphatic rings. The molecule has 10 atom stereocenters. The summed E-state index contributed by atoms with van der Waals surface area (Å²) in [5.41, 5.74) is 6.71. The molecular weight excluding hydrogens is 428 g/mol. The minimum Gasteiger partial charge on any atom is -0.393 e. The minimum atomic E-state index is -0.0810. The van der Waals surface area contributed by atoms with Crippen LogP contribution in [0.15, 0.2) is 0 Å². The van der Waals surface area contributed by atoms with Crippen LogP contribution >= 0.6 is 0 Å². The number of unbranched alkanes of at least 4 members (excludes halogenated alkanes) is 2. The largest absolute Gasteiger partial charge is 0.393 e. The molecule has 0 aromatic rings. The molecule has 204 valence electrons. The summed E-state index contributed by atoms with van der Waals surface area (Å²) in [6, 6.07) is 0.596. The van der Waals surface area contributed by atoms with Gasteiger partial charge in [0, 0.05) is 6.04 Å². The van der Waals surface area contributed by atoms with Gasteiger partial charge in [-0.15, -0.1) is 0 Å². The summed E-state index contributed by atoms with van der Waals surface area (Å²) in [4.78, 5) is 0. The van der Waals surface area contributed by atoms with Crippen LogP contribution in [0, 0.1) is 52.3 Å². The molecule has 0 heterocycles. The van der Waals surface area contributed by atoms with E-state index < -0.39 is 0 Å². The van der Waals surface area contributed by atoms with Gasteiger partial charge in [-0.2, -0.15) is 0 Å². The fraction of sp³-hybridized carbons (Fsp3) is 1.00. The zero-order valence-corrected chi connectivity index (χ0v) is 24.0. The number of hydrogen-bond acceptors (Lipinski definition) is 3. The molecule has 0 aliphatic heterocycles. The summed E-state index contributed by atoms with van der Waals surface area (Å²) in [5, 5.41) is 14.7. The number of aliphatic hydroxyl groups excluding tert-OH is 1. The van der Waals surface area contributed by atoms with E-state index in [4.69, 9.17) is 5.73 Å². The summed E-state index contributed by atoms with van der Waals surface area (Å²) in [5.74, 6) is 6.00. The number of fused-ring (bicyclic) bond motifs is 5. The predicted octanol–water partition coefficient (Wildman–Crippen LogP) is 7.17. The maximum Gasteiger partial charge on any atom is 0.0543 e. The van der Waals surface area contributed by atoms with Crippen molar-refractivity contribution in [1.29, 1.82) is 0 Å². The number of rotatable bonds is 11. The van der Waals surface area contributed by atoms with Crippen LogP contribution in [0.4, 0.5) is 0 Å². The first-order valence-electron chi connectivity index (χ1n) is 15.8. The van der Waals surface area contributed by atoms with Crippen LogP contribution in [-0.2, 0) is 0 Å². The van der Waals surface area contributed by atoms with Crippen molar-refractivity contribution >= 4 is 0 Å². The zero-order chi connectivity index (χ0) is 25.2. The van der Waals surface area contributed by atoms with E-state index in [2.05, 4.69) is 39.9 Å². The SMILES string of the molecule is CC(C)CCCC(C)C1CCC2C3CC(NCCCCCN)C4CC(O)CCC4(C)C3CCC12C. The average molecular weight is 489 g/mol. The molecule has 4 fully saturated rings. The van der Waals surface area contributed by atoms with E-state index in [0.717, 1.165) is 67.9 Å². The second-order valence-electron chi connectivity index (χ2n) is 14.6. The number of nitrogens with two attached hydrogens (primary N) is 1. The predicted molar refractivity (Wildman–Crippen MR) is 149 cm³/mol. The highest BCUT2D eigenvalue weighted by atomic mass is 16.3. The summed E-state index contributed by atoms with van der Waals surface area (Å²) in [6.45, 7) is 14.7. The van der Waals surface area contributed by atoms with Gasteiger partial charge in [0.05, 0.1) is 6.10 Å². The molecule has 0 aromatic heterocycles. The third-order valence-electron chi connectivity index (χ3n) is 12.2. The van der Waals surface area contributed by atoms with Crippen LogP contribution in [0.2, 0.25) is 0 Å². The topological polar surface area (TPSA) is 58.3 Å². The molecule has 3 heteroatoms. The Hall–Kier alpha value is -0.120. The van der Waals surface area contributed by atoms with Crippen LogP contribution in [0.1, 0.15) is 125 Å². The van der Waals surface area contributed by atoms with Gasteiger partial charge in [0.1, 0.15) is 0 Å². The van der Waals surface area contributed by atoms with Crippen LogP contribution in [0.5, 0.6) is 0 Å². The minimum absolute atomic E-state index is 0.0810. The van der Waals surface area contributed by atoms with E-state index in [1.165, 1.54) is 70.6 Å². The van der Waals surface area contributed by atoms with Crippen LogP contribution < -0.4 is 11.1 Å². The maximum atomic E-state index is 10.7. The first-order valence-corrected chi connectivity index (χ1v) is 15.8. The van der Waals surface area contributed by atoms with E-state index in [9.17, 15) is 5.11 Å². The number of aliphatic hydroxyl groups is 1. The lowest BCUT2D eigenvalue weighted by Gasteiger charge is -2.63. The van der Waals surface area contributed by atoms with Crippen LogP contribution in [0.3, 0.4) is 0 Å². The maximum absolute atomic E-state index is 10.7. The molecule has 0 saturated heterocycles. The second kappa shape index (κ2) is 11.7. The van der Waals surface area contributed by atoms with Gasteiger partial charge in [0.2, 0.25) is 0 Å². The molecule has 3 nitrogen and oxygen atoms in total. The normalized spacial score (nSPS) is 44.1. The second-order valence-corrected chi connectivity index (χ2v) is 14.6. The lowest BCUT2D eigenvalue weighted by Crippen LogP contribution is -2.61. The Morgan fingerprint density at radius 1 is 0.829 bits per heavy atom. The van der Waals surface area contributed by atoms with E-state index in [0.29, 0.717) is 22.8 Å². The molecular formula is C32H60N2O.